The van der Waals surface area contributed by atoms with E-state index in [1.54, 1.807) is 6.07 Å². The summed E-state index contributed by atoms with van der Waals surface area (Å²) in [5.74, 6) is -0.107. The molecule has 0 bridgehead atoms. The minimum absolute atomic E-state index is 0.107. The van der Waals surface area contributed by atoms with Gasteiger partial charge in [-0.2, -0.15) is 0 Å². The molecule has 3 aromatic rings. The van der Waals surface area contributed by atoms with Crippen LogP contribution in [0.4, 0.5) is 0 Å². The summed E-state index contributed by atoms with van der Waals surface area (Å²) in [7, 11) is 2.07. The van der Waals surface area contributed by atoms with Crippen molar-refractivity contribution < 1.29 is 4.79 Å². The zero-order valence-corrected chi connectivity index (χ0v) is 15.1. The standard InChI is InChI=1S/C20H25N5O/c1-25(13-5-11-21)14-6-12-22-20(26)15-7-4-10-18-19(15)24-17-9-3-2-8-16(17)23-18/h2-4,7-10H,5-6,11-14,21H2,1H3,(H,22,26). The van der Waals surface area contributed by atoms with Crippen LogP contribution in [-0.4, -0.2) is 54.0 Å². The van der Waals surface area contributed by atoms with Crippen molar-refractivity contribution in [3.63, 3.8) is 0 Å². The highest BCUT2D eigenvalue weighted by atomic mass is 16.1. The van der Waals surface area contributed by atoms with Crippen LogP contribution in [0.3, 0.4) is 0 Å². The summed E-state index contributed by atoms with van der Waals surface area (Å²) in [6.07, 6.45) is 1.89. The third-order valence-corrected chi connectivity index (χ3v) is 4.36. The van der Waals surface area contributed by atoms with Gasteiger partial charge in [-0.05, 0) is 63.8 Å². The van der Waals surface area contributed by atoms with Crippen molar-refractivity contribution in [1.29, 1.82) is 0 Å². The molecule has 1 amide bonds. The van der Waals surface area contributed by atoms with Gasteiger partial charge in [0, 0.05) is 6.54 Å². The smallest absolute Gasteiger partial charge is 0.253 e. The lowest BCUT2D eigenvalue weighted by Crippen LogP contribution is -2.29. The number of benzene rings is 2. The first-order valence-electron chi connectivity index (χ1n) is 9.01. The number of hydrogen-bond acceptors (Lipinski definition) is 5. The molecular formula is C20H25N5O. The van der Waals surface area contributed by atoms with Gasteiger partial charge < -0.3 is 16.0 Å². The lowest BCUT2D eigenvalue weighted by atomic mass is 10.1. The molecule has 0 spiro atoms. The van der Waals surface area contributed by atoms with Gasteiger partial charge in [0.1, 0.15) is 5.52 Å². The van der Waals surface area contributed by atoms with Crippen molar-refractivity contribution in [1.82, 2.24) is 20.2 Å². The Hall–Kier alpha value is -2.57. The number of fused-ring (bicyclic) bond motifs is 2. The van der Waals surface area contributed by atoms with Gasteiger partial charge in [0.05, 0.1) is 22.1 Å². The van der Waals surface area contributed by atoms with Crippen LogP contribution < -0.4 is 11.1 Å². The molecule has 0 fully saturated rings. The van der Waals surface area contributed by atoms with Gasteiger partial charge in [0.2, 0.25) is 0 Å². The monoisotopic (exact) mass is 351 g/mol. The van der Waals surface area contributed by atoms with E-state index >= 15 is 0 Å². The predicted molar refractivity (Wildman–Crippen MR) is 105 cm³/mol. The zero-order valence-electron chi connectivity index (χ0n) is 15.1. The minimum Gasteiger partial charge on any atom is -0.352 e. The average Bonchev–Trinajstić information content (AvgIpc) is 2.67. The Kier molecular flexibility index (Phi) is 6.09. The Labute approximate surface area is 153 Å². The largest absolute Gasteiger partial charge is 0.352 e. The highest BCUT2D eigenvalue weighted by Crippen LogP contribution is 2.19. The maximum absolute atomic E-state index is 12.6. The first-order valence-corrected chi connectivity index (χ1v) is 9.01. The number of hydrogen-bond donors (Lipinski definition) is 2. The molecule has 0 atom stereocenters. The molecule has 0 aliphatic carbocycles. The normalized spacial score (nSPS) is 11.3. The molecule has 136 valence electrons. The third-order valence-electron chi connectivity index (χ3n) is 4.36. The highest BCUT2D eigenvalue weighted by molar-refractivity contribution is 6.05. The lowest BCUT2D eigenvalue weighted by Gasteiger charge is -2.16. The maximum Gasteiger partial charge on any atom is 0.253 e. The molecule has 3 rings (SSSR count). The van der Waals surface area contributed by atoms with Crippen LogP contribution in [0.15, 0.2) is 42.5 Å². The van der Waals surface area contributed by atoms with E-state index in [1.165, 1.54) is 0 Å². The third kappa shape index (κ3) is 4.33. The van der Waals surface area contributed by atoms with Crippen LogP contribution in [0.2, 0.25) is 0 Å². The maximum atomic E-state index is 12.6. The Morgan fingerprint density at radius 3 is 2.46 bits per heavy atom. The fourth-order valence-corrected chi connectivity index (χ4v) is 2.94. The molecule has 0 saturated heterocycles. The van der Waals surface area contributed by atoms with Crippen LogP contribution in [0.5, 0.6) is 0 Å². The molecule has 6 nitrogen and oxygen atoms in total. The average molecular weight is 351 g/mol. The first kappa shape index (κ1) is 18.2. The van der Waals surface area contributed by atoms with E-state index in [2.05, 4.69) is 27.2 Å². The summed E-state index contributed by atoms with van der Waals surface area (Å²) >= 11 is 0. The van der Waals surface area contributed by atoms with Crippen molar-refractivity contribution in [2.75, 3.05) is 33.2 Å². The fourth-order valence-electron chi connectivity index (χ4n) is 2.94. The van der Waals surface area contributed by atoms with Crippen LogP contribution in [-0.2, 0) is 0 Å². The molecule has 0 aliphatic heterocycles. The Balaban J connectivity index is 1.67. The van der Waals surface area contributed by atoms with E-state index in [9.17, 15) is 4.79 Å². The number of nitrogens with two attached hydrogens (primary N) is 1. The Morgan fingerprint density at radius 2 is 1.69 bits per heavy atom. The first-order chi connectivity index (χ1) is 12.7. The predicted octanol–water partition coefficient (Wildman–Crippen LogP) is 2.18. The number of nitrogens with one attached hydrogen (secondary N) is 1. The summed E-state index contributed by atoms with van der Waals surface area (Å²) < 4.78 is 0. The Bertz CT molecular complexity index is 896. The summed E-state index contributed by atoms with van der Waals surface area (Å²) in [6.45, 7) is 3.25. The highest BCUT2D eigenvalue weighted by Gasteiger charge is 2.12. The van der Waals surface area contributed by atoms with Gasteiger partial charge in [0.25, 0.3) is 5.91 Å². The van der Waals surface area contributed by atoms with Crippen molar-refractivity contribution in [3.05, 3.63) is 48.0 Å². The van der Waals surface area contributed by atoms with Crippen LogP contribution >= 0.6 is 0 Å². The summed E-state index contributed by atoms with van der Waals surface area (Å²) in [4.78, 5) is 24.1. The SMILES string of the molecule is CN(CCCN)CCCNC(=O)c1cccc2nc3ccccc3nc12. The van der Waals surface area contributed by atoms with Gasteiger partial charge in [-0.3, -0.25) is 4.79 Å². The van der Waals surface area contributed by atoms with Crippen molar-refractivity contribution >= 4 is 28.0 Å². The summed E-state index contributed by atoms with van der Waals surface area (Å²) in [5, 5.41) is 2.99. The number of carbonyl (C=O) groups excluding carboxylic acids is 1. The molecule has 1 heterocycles. The molecule has 6 heteroatoms. The number of aromatic nitrogens is 2. The number of para-hydroxylation sites is 3. The van der Waals surface area contributed by atoms with Gasteiger partial charge in [-0.1, -0.05) is 18.2 Å². The Morgan fingerprint density at radius 1 is 1.00 bits per heavy atom. The second kappa shape index (κ2) is 8.69. The van der Waals surface area contributed by atoms with Gasteiger partial charge in [-0.15, -0.1) is 0 Å². The van der Waals surface area contributed by atoms with Gasteiger partial charge in [-0.25, -0.2) is 9.97 Å². The zero-order chi connectivity index (χ0) is 18.4. The summed E-state index contributed by atoms with van der Waals surface area (Å²) in [6, 6.07) is 13.2. The number of nitrogens with zero attached hydrogens (tertiary/aromatic N) is 3. The van der Waals surface area contributed by atoms with Crippen molar-refractivity contribution in [2.45, 2.75) is 12.8 Å². The second-order valence-electron chi connectivity index (χ2n) is 6.44. The van der Waals surface area contributed by atoms with E-state index < -0.39 is 0 Å². The van der Waals surface area contributed by atoms with Crippen LogP contribution in [0.25, 0.3) is 22.1 Å². The molecule has 1 aromatic heterocycles. The molecule has 0 saturated carbocycles. The van der Waals surface area contributed by atoms with Crippen molar-refractivity contribution in [2.24, 2.45) is 5.73 Å². The summed E-state index contributed by atoms with van der Waals surface area (Å²) in [5.41, 5.74) is 9.09. The van der Waals surface area contributed by atoms with Gasteiger partial charge in [0.15, 0.2) is 0 Å². The molecular weight excluding hydrogens is 326 g/mol. The fraction of sp³-hybridized carbons (Fsp3) is 0.350. The minimum atomic E-state index is -0.107. The molecule has 3 N–H and O–H groups in total. The number of amides is 1. The van der Waals surface area contributed by atoms with Crippen LogP contribution in [0, 0.1) is 0 Å². The number of rotatable bonds is 8. The molecule has 0 aliphatic rings. The second-order valence-corrected chi connectivity index (χ2v) is 6.44. The van der Waals surface area contributed by atoms with E-state index in [-0.39, 0.29) is 5.91 Å². The van der Waals surface area contributed by atoms with E-state index in [1.807, 2.05) is 36.4 Å². The topological polar surface area (TPSA) is 84.1 Å². The molecule has 0 unspecified atom stereocenters. The van der Waals surface area contributed by atoms with E-state index in [4.69, 9.17) is 5.73 Å². The number of carbonyl (C=O) groups is 1. The van der Waals surface area contributed by atoms with Crippen molar-refractivity contribution in [3.8, 4) is 0 Å². The lowest BCUT2D eigenvalue weighted by molar-refractivity contribution is 0.0953. The van der Waals surface area contributed by atoms with E-state index in [0.29, 0.717) is 24.2 Å². The van der Waals surface area contributed by atoms with Gasteiger partial charge >= 0.3 is 0 Å². The molecule has 0 radical (unpaired) electrons. The van der Waals surface area contributed by atoms with E-state index in [0.717, 1.165) is 42.5 Å². The molecule has 2 aromatic carbocycles. The molecule has 26 heavy (non-hydrogen) atoms. The quantitative estimate of drug-likeness (QED) is 0.480. The van der Waals surface area contributed by atoms with Crippen LogP contribution in [0.1, 0.15) is 23.2 Å².